The highest BCUT2D eigenvalue weighted by Gasteiger charge is 2.55. The maximum atomic E-state index is 12.0. The lowest BCUT2D eigenvalue weighted by atomic mass is 10.0. The summed E-state index contributed by atoms with van der Waals surface area (Å²) in [6.45, 7) is 2.31. The maximum Gasteiger partial charge on any atom is 0.268 e. The number of benzene rings is 1. The summed E-state index contributed by atoms with van der Waals surface area (Å²) in [6.07, 6.45) is 0. The SMILES string of the molecule is NCC1C2CN(c3nc(N)c(-c4cccc(Cl)c4Cl)c(C(N)=O)n3)CC12. The number of amides is 1. The molecule has 136 valence electrons. The number of nitrogen functional groups attached to an aromatic ring is 1. The third kappa shape index (κ3) is 2.67. The number of primary amides is 1. The van der Waals surface area contributed by atoms with Crippen LogP contribution in [-0.4, -0.2) is 35.5 Å². The zero-order valence-electron chi connectivity index (χ0n) is 13.8. The molecule has 7 nitrogen and oxygen atoms in total. The van der Waals surface area contributed by atoms with Gasteiger partial charge in [-0.1, -0.05) is 35.3 Å². The van der Waals surface area contributed by atoms with Gasteiger partial charge in [0.25, 0.3) is 5.91 Å². The first-order chi connectivity index (χ1) is 12.4. The van der Waals surface area contributed by atoms with Crippen LogP contribution >= 0.6 is 23.2 Å². The Morgan fingerprint density at radius 2 is 1.92 bits per heavy atom. The smallest absolute Gasteiger partial charge is 0.268 e. The molecule has 26 heavy (non-hydrogen) atoms. The summed E-state index contributed by atoms with van der Waals surface area (Å²) >= 11 is 12.4. The van der Waals surface area contributed by atoms with Crippen molar-refractivity contribution in [2.24, 2.45) is 29.2 Å². The van der Waals surface area contributed by atoms with Gasteiger partial charge in [0.1, 0.15) is 11.5 Å². The van der Waals surface area contributed by atoms with Crippen LogP contribution in [0, 0.1) is 17.8 Å². The quantitative estimate of drug-likeness (QED) is 0.727. The van der Waals surface area contributed by atoms with Crippen molar-refractivity contribution in [1.82, 2.24) is 9.97 Å². The van der Waals surface area contributed by atoms with Crippen LogP contribution in [0.25, 0.3) is 11.1 Å². The Labute approximate surface area is 160 Å². The number of carbonyl (C=O) groups excluding carboxylic acids is 1. The first-order valence-electron chi connectivity index (χ1n) is 8.29. The number of hydrogen-bond donors (Lipinski definition) is 3. The van der Waals surface area contributed by atoms with Crippen LogP contribution in [0.3, 0.4) is 0 Å². The molecule has 1 aliphatic carbocycles. The third-order valence-electron chi connectivity index (χ3n) is 5.31. The summed E-state index contributed by atoms with van der Waals surface area (Å²) in [7, 11) is 0. The molecule has 4 rings (SSSR count). The van der Waals surface area contributed by atoms with Gasteiger partial charge in [-0.05, 0) is 30.4 Å². The molecule has 1 aliphatic heterocycles. The molecule has 2 aromatic rings. The van der Waals surface area contributed by atoms with E-state index in [-0.39, 0.29) is 16.5 Å². The number of aromatic nitrogens is 2. The Bertz CT molecular complexity index is 893. The second kappa shape index (κ2) is 6.26. The van der Waals surface area contributed by atoms with E-state index in [0.29, 0.717) is 46.4 Å². The second-order valence-corrected chi connectivity index (χ2v) is 7.52. The summed E-state index contributed by atoms with van der Waals surface area (Å²) in [5.41, 5.74) is 18.3. The van der Waals surface area contributed by atoms with Gasteiger partial charge in [0.15, 0.2) is 0 Å². The molecule has 0 bridgehead atoms. The van der Waals surface area contributed by atoms with E-state index in [1.165, 1.54) is 0 Å². The Balaban J connectivity index is 1.75. The molecule has 2 atom stereocenters. The summed E-state index contributed by atoms with van der Waals surface area (Å²) in [5, 5.41) is 0.614. The minimum atomic E-state index is -0.699. The lowest BCUT2D eigenvalue weighted by Crippen LogP contribution is -2.29. The van der Waals surface area contributed by atoms with E-state index >= 15 is 0 Å². The average Bonchev–Trinajstić information content (AvgIpc) is 3.07. The molecule has 1 amide bonds. The molecule has 6 N–H and O–H groups in total. The van der Waals surface area contributed by atoms with Gasteiger partial charge in [-0.2, -0.15) is 4.98 Å². The first kappa shape index (κ1) is 17.3. The van der Waals surface area contributed by atoms with E-state index in [4.69, 9.17) is 40.4 Å². The molecule has 1 saturated heterocycles. The van der Waals surface area contributed by atoms with Gasteiger partial charge in [-0.3, -0.25) is 4.79 Å². The van der Waals surface area contributed by atoms with Crippen molar-refractivity contribution in [3.63, 3.8) is 0 Å². The Morgan fingerprint density at radius 3 is 2.54 bits per heavy atom. The molecular weight excluding hydrogens is 375 g/mol. The van der Waals surface area contributed by atoms with Crippen LogP contribution in [0.2, 0.25) is 10.0 Å². The van der Waals surface area contributed by atoms with Crippen LogP contribution in [0.4, 0.5) is 11.8 Å². The fourth-order valence-electron chi connectivity index (χ4n) is 3.91. The van der Waals surface area contributed by atoms with E-state index in [9.17, 15) is 4.79 Å². The molecule has 1 aromatic heterocycles. The zero-order valence-corrected chi connectivity index (χ0v) is 15.3. The molecule has 0 spiro atoms. The van der Waals surface area contributed by atoms with E-state index in [1.807, 2.05) is 4.90 Å². The van der Waals surface area contributed by atoms with Gasteiger partial charge in [0.05, 0.1) is 15.6 Å². The highest BCUT2D eigenvalue weighted by Crippen LogP contribution is 2.51. The highest BCUT2D eigenvalue weighted by atomic mass is 35.5. The fraction of sp³-hybridized carbons (Fsp3) is 0.353. The fourth-order valence-corrected chi connectivity index (χ4v) is 4.31. The van der Waals surface area contributed by atoms with Gasteiger partial charge in [0.2, 0.25) is 5.95 Å². The van der Waals surface area contributed by atoms with E-state index in [1.54, 1.807) is 18.2 Å². The van der Waals surface area contributed by atoms with Crippen molar-refractivity contribution in [2.45, 2.75) is 0 Å². The average molecular weight is 393 g/mol. The van der Waals surface area contributed by atoms with Crippen molar-refractivity contribution in [3.8, 4) is 11.1 Å². The molecule has 9 heteroatoms. The van der Waals surface area contributed by atoms with E-state index < -0.39 is 5.91 Å². The Hall–Kier alpha value is -2.09. The topological polar surface area (TPSA) is 124 Å². The van der Waals surface area contributed by atoms with E-state index in [2.05, 4.69) is 9.97 Å². The lowest BCUT2D eigenvalue weighted by molar-refractivity contribution is 0.0996. The van der Waals surface area contributed by atoms with Crippen LogP contribution < -0.4 is 22.1 Å². The lowest BCUT2D eigenvalue weighted by Gasteiger charge is -2.21. The van der Waals surface area contributed by atoms with Crippen molar-refractivity contribution >= 4 is 40.9 Å². The van der Waals surface area contributed by atoms with Crippen molar-refractivity contribution in [3.05, 3.63) is 33.9 Å². The van der Waals surface area contributed by atoms with Crippen molar-refractivity contribution in [2.75, 3.05) is 30.3 Å². The van der Waals surface area contributed by atoms with Crippen LogP contribution in [0.15, 0.2) is 18.2 Å². The number of nitrogens with two attached hydrogens (primary N) is 3. The largest absolute Gasteiger partial charge is 0.383 e. The monoisotopic (exact) mass is 392 g/mol. The number of fused-ring (bicyclic) bond motifs is 1. The molecular formula is C17H18Cl2N6O. The number of nitrogens with zero attached hydrogens (tertiary/aromatic N) is 3. The molecule has 1 aromatic carbocycles. The van der Waals surface area contributed by atoms with Crippen LogP contribution in [0.5, 0.6) is 0 Å². The maximum absolute atomic E-state index is 12.0. The number of carbonyl (C=O) groups is 1. The number of piperidine rings is 1. The minimum absolute atomic E-state index is 0.0348. The van der Waals surface area contributed by atoms with Gasteiger partial charge < -0.3 is 22.1 Å². The Morgan fingerprint density at radius 1 is 1.23 bits per heavy atom. The van der Waals surface area contributed by atoms with Gasteiger partial charge in [-0.25, -0.2) is 4.98 Å². The molecule has 2 heterocycles. The van der Waals surface area contributed by atoms with Gasteiger partial charge in [-0.15, -0.1) is 0 Å². The van der Waals surface area contributed by atoms with Crippen LogP contribution in [-0.2, 0) is 0 Å². The van der Waals surface area contributed by atoms with Crippen molar-refractivity contribution < 1.29 is 4.79 Å². The molecule has 0 radical (unpaired) electrons. The summed E-state index contributed by atoms with van der Waals surface area (Å²) in [6, 6.07) is 5.06. The molecule has 2 fully saturated rings. The molecule has 1 saturated carbocycles. The number of rotatable bonds is 4. The van der Waals surface area contributed by atoms with Gasteiger partial charge >= 0.3 is 0 Å². The number of anilines is 2. The Kier molecular flexibility index (Phi) is 4.17. The number of halogens is 2. The van der Waals surface area contributed by atoms with E-state index in [0.717, 1.165) is 13.1 Å². The molecule has 2 unspecified atom stereocenters. The highest BCUT2D eigenvalue weighted by molar-refractivity contribution is 6.44. The number of hydrogen-bond acceptors (Lipinski definition) is 6. The predicted molar refractivity (Wildman–Crippen MR) is 102 cm³/mol. The standard InChI is InChI=1S/C17H18Cl2N6O/c18-11-3-1-2-7(13(11)19)12-14(16(22)26)23-17(24-15(12)21)25-5-9-8(4-20)10(9)6-25/h1-3,8-10H,4-6,20H2,(H2,22,26)(H2,21,23,24). The molecule has 2 aliphatic rings. The second-order valence-electron chi connectivity index (χ2n) is 6.73. The van der Waals surface area contributed by atoms with Crippen LogP contribution in [0.1, 0.15) is 10.5 Å². The predicted octanol–water partition coefficient (Wildman–Crippen LogP) is 1.77. The zero-order chi connectivity index (χ0) is 18.6. The summed E-state index contributed by atoms with van der Waals surface area (Å²) in [5.74, 6) is 1.54. The minimum Gasteiger partial charge on any atom is -0.383 e. The summed E-state index contributed by atoms with van der Waals surface area (Å²) in [4.78, 5) is 22.9. The third-order valence-corrected chi connectivity index (χ3v) is 6.12. The first-order valence-corrected chi connectivity index (χ1v) is 9.04. The normalized spacial score (nSPS) is 23.8. The summed E-state index contributed by atoms with van der Waals surface area (Å²) < 4.78 is 0. The van der Waals surface area contributed by atoms with Gasteiger partial charge in [0, 0.05) is 18.7 Å². The van der Waals surface area contributed by atoms with Crippen molar-refractivity contribution in [1.29, 1.82) is 0 Å².